The number of rotatable bonds is 7. The van der Waals surface area contributed by atoms with E-state index in [1.807, 2.05) is 59.5 Å². The van der Waals surface area contributed by atoms with E-state index in [4.69, 9.17) is 4.74 Å². The zero-order valence-corrected chi connectivity index (χ0v) is 16.2. The van der Waals surface area contributed by atoms with Crippen molar-refractivity contribution in [2.24, 2.45) is 0 Å². The molecule has 0 spiro atoms. The summed E-state index contributed by atoms with van der Waals surface area (Å²) < 4.78 is 5.20. The molecule has 3 rings (SSSR count). The number of methoxy groups -OCH3 is 1. The molecule has 1 aliphatic rings. The summed E-state index contributed by atoms with van der Waals surface area (Å²) in [6.07, 6.45) is 1.89. The lowest BCUT2D eigenvalue weighted by Crippen LogP contribution is -2.43. The Bertz CT molecular complexity index is 811. The van der Waals surface area contributed by atoms with Gasteiger partial charge in [-0.15, -0.1) is 0 Å². The van der Waals surface area contributed by atoms with Crippen molar-refractivity contribution in [3.05, 3.63) is 59.8 Å². The van der Waals surface area contributed by atoms with Gasteiger partial charge in [-0.25, -0.2) is 0 Å². The van der Waals surface area contributed by atoms with Gasteiger partial charge in [0, 0.05) is 13.1 Å². The first kappa shape index (κ1) is 19.0. The topological polar surface area (TPSA) is 44.8 Å². The summed E-state index contributed by atoms with van der Waals surface area (Å²) in [6.45, 7) is 7.76. The van der Waals surface area contributed by atoms with Crippen LogP contribution in [0.15, 0.2) is 54.2 Å². The Hall–Kier alpha value is -2.79. The third-order valence-electron chi connectivity index (χ3n) is 4.90. The second kappa shape index (κ2) is 8.73. The average Bonchev–Trinajstić information content (AvgIpc) is 2.71. The number of hydrogen-bond acceptors (Lipinski definition) is 4. The van der Waals surface area contributed by atoms with E-state index in [0.717, 1.165) is 42.3 Å². The summed E-state index contributed by atoms with van der Waals surface area (Å²) in [5, 5.41) is 3.29. The van der Waals surface area contributed by atoms with Gasteiger partial charge in [0.15, 0.2) is 0 Å². The monoisotopic (exact) mass is 365 g/mol. The molecule has 5 heteroatoms. The normalized spacial score (nSPS) is 15.0. The van der Waals surface area contributed by atoms with Gasteiger partial charge in [-0.2, -0.15) is 0 Å². The van der Waals surface area contributed by atoms with E-state index in [1.165, 1.54) is 0 Å². The van der Waals surface area contributed by atoms with Crippen LogP contribution >= 0.6 is 0 Å². The van der Waals surface area contributed by atoms with Gasteiger partial charge < -0.3 is 19.9 Å². The average molecular weight is 365 g/mol. The number of amides is 1. The molecule has 0 aliphatic carbocycles. The standard InChI is InChI=1S/C22H27N3O2/c1-4-24(5-2)14-15-25-21-9-7-6-8-19(21)23-20(22(25)26)16-17-10-12-18(27-3)13-11-17/h6-13,16,23H,4-5,14-15H2,1-3H3. The van der Waals surface area contributed by atoms with Crippen molar-refractivity contribution in [2.45, 2.75) is 13.8 Å². The molecule has 0 bridgehead atoms. The summed E-state index contributed by atoms with van der Waals surface area (Å²) >= 11 is 0. The molecule has 2 aromatic rings. The number of anilines is 2. The van der Waals surface area contributed by atoms with Crippen molar-refractivity contribution in [2.75, 3.05) is 43.5 Å². The maximum absolute atomic E-state index is 13.2. The number of benzene rings is 2. The lowest BCUT2D eigenvalue weighted by Gasteiger charge is -2.33. The third-order valence-corrected chi connectivity index (χ3v) is 4.90. The van der Waals surface area contributed by atoms with Crippen LogP contribution in [0.25, 0.3) is 6.08 Å². The van der Waals surface area contributed by atoms with Crippen molar-refractivity contribution in [1.82, 2.24) is 4.90 Å². The van der Waals surface area contributed by atoms with Crippen LogP contribution in [0, 0.1) is 0 Å². The molecule has 0 unspecified atom stereocenters. The fourth-order valence-electron chi connectivity index (χ4n) is 3.24. The van der Waals surface area contributed by atoms with Crippen molar-refractivity contribution >= 4 is 23.4 Å². The van der Waals surface area contributed by atoms with Crippen LogP contribution in [0.3, 0.4) is 0 Å². The molecule has 0 aromatic heterocycles. The number of hydrogen-bond donors (Lipinski definition) is 1. The van der Waals surface area contributed by atoms with Gasteiger partial charge in [0.25, 0.3) is 5.91 Å². The minimum absolute atomic E-state index is 0.00308. The van der Waals surface area contributed by atoms with E-state index in [9.17, 15) is 4.79 Å². The predicted molar refractivity (Wildman–Crippen MR) is 111 cm³/mol. The largest absolute Gasteiger partial charge is 0.497 e. The number of nitrogens with one attached hydrogen (secondary N) is 1. The number of nitrogens with zero attached hydrogens (tertiary/aromatic N) is 2. The molecule has 0 atom stereocenters. The van der Waals surface area contributed by atoms with E-state index in [0.29, 0.717) is 12.2 Å². The third kappa shape index (κ3) is 4.31. The molecule has 1 aliphatic heterocycles. The molecule has 27 heavy (non-hydrogen) atoms. The highest BCUT2D eigenvalue weighted by Crippen LogP contribution is 2.33. The van der Waals surface area contributed by atoms with Crippen molar-refractivity contribution in [3.8, 4) is 5.75 Å². The SMILES string of the molecule is CCN(CC)CCN1C(=O)C(=Cc2ccc(OC)cc2)Nc2ccccc21. The van der Waals surface area contributed by atoms with Crippen molar-refractivity contribution in [3.63, 3.8) is 0 Å². The van der Waals surface area contributed by atoms with Gasteiger partial charge in [0.05, 0.1) is 18.5 Å². The number of carbonyl (C=O) groups excluding carboxylic acids is 1. The van der Waals surface area contributed by atoms with Crippen LogP contribution in [0.5, 0.6) is 5.75 Å². The second-order valence-corrected chi connectivity index (χ2v) is 6.46. The Morgan fingerprint density at radius 2 is 1.78 bits per heavy atom. The van der Waals surface area contributed by atoms with Crippen LogP contribution < -0.4 is 15.0 Å². The van der Waals surface area contributed by atoms with Crippen molar-refractivity contribution in [1.29, 1.82) is 0 Å². The van der Waals surface area contributed by atoms with E-state index in [2.05, 4.69) is 24.1 Å². The van der Waals surface area contributed by atoms with E-state index >= 15 is 0 Å². The molecule has 0 saturated heterocycles. The Morgan fingerprint density at radius 1 is 1.07 bits per heavy atom. The summed E-state index contributed by atoms with van der Waals surface area (Å²) in [6, 6.07) is 15.6. The Morgan fingerprint density at radius 3 is 2.44 bits per heavy atom. The lowest BCUT2D eigenvalue weighted by molar-refractivity contribution is -0.115. The summed E-state index contributed by atoms with van der Waals surface area (Å²) in [7, 11) is 1.64. The van der Waals surface area contributed by atoms with Crippen LogP contribution in [0.2, 0.25) is 0 Å². The van der Waals surface area contributed by atoms with E-state index in [-0.39, 0.29) is 5.91 Å². The Labute approximate surface area is 161 Å². The number of fused-ring (bicyclic) bond motifs is 1. The highest BCUT2D eigenvalue weighted by Gasteiger charge is 2.27. The van der Waals surface area contributed by atoms with Crippen LogP contribution in [0.1, 0.15) is 19.4 Å². The molecule has 1 amide bonds. The molecular formula is C22H27N3O2. The zero-order chi connectivity index (χ0) is 19.2. The van der Waals surface area contributed by atoms with Crippen molar-refractivity contribution < 1.29 is 9.53 Å². The van der Waals surface area contributed by atoms with Gasteiger partial charge in [-0.05, 0) is 49.0 Å². The number of carbonyl (C=O) groups is 1. The summed E-state index contributed by atoms with van der Waals surface area (Å²) in [4.78, 5) is 17.4. The molecule has 2 aromatic carbocycles. The molecular weight excluding hydrogens is 338 g/mol. The molecule has 0 radical (unpaired) electrons. The number of likely N-dealkylation sites (N-methyl/N-ethyl adjacent to an activating group) is 1. The van der Waals surface area contributed by atoms with Gasteiger partial charge in [0.1, 0.15) is 11.4 Å². The quantitative estimate of drug-likeness (QED) is 0.758. The number of ether oxygens (including phenoxy) is 1. The molecule has 1 N–H and O–H groups in total. The fraction of sp³-hybridized carbons (Fsp3) is 0.318. The maximum atomic E-state index is 13.2. The van der Waals surface area contributed by atoms with Gasteiger partial charge in [0.2, 0.25) is 0 Å². The van der Waals surface area contributed by atoms with Gasteiger partial charge in [-0.3, -0.25) is 4.79 Å². The molecule has 1 heterocycles. The molecule has 5 nitrogen and oxygen atoms in total. The molecule has 0 fully saturated rings. The highest BCUT2D eigenvalue weighted by atomic mass is 16.5. The van der Waals surface area contributed by atoms with Crippen LogP contribution in [-0.2, 0) is 4.79 Å². The molecule has 142 valence electrons. The van der Waals surface area contributed by atoms with Crippen LogP contribution in [0.4, 0.5) is 11.4 Å². The van der Waals surface area contributed by atoms with Crippen LogP contribution in [-0.4, -0.2) is 44.1 Å². The lowest BCUT2D eigenvalue weighted by atomic mass is 10.1. The first-order valence-corrected chi connectivity index (χ1v) is 9.42. The first-order valence-electron chi connectivity index (χ1n) is 9.42. The van der Waals surface area contributed by atoms with E-state index < -0.39 is 0 Å². The highest BCUT2D eigenvalue weighted by molar-refractivity contribution is 6.15. The summed E-state index contributed by atoms with van der Waals surface area (Å²) in [5.41, 5.74) is 3.42. The first-order chi connectivity index (χ1) is 13.2. The minimum Gasteiger partial charge on any atom is -0.497 e. The fourth-order valence-corrected chi connectivity index (χ4v) is 3.24. The maximum Gasteiger partial charge on any atom is 0.274 e. The Kier molecular flexibility index (Phi) is 6.14. The van der Waals surface area contributed by atoms with E-state index in [1.54, 1.807) is 7.11 Å². The smallest absolute Gasteiger partial charge is 0.274 e. The second-order valence-electron chi connectivity index (χ2n) is 6.46. The zero-order valence-electron chi connectivity index (χ0n) is 16.2. The van der Waals surface area contributed by atoms with Gasteiger partial charge >= 0.3 is 0 Å². The van der Waals surface area contributed by atoms with Gasteiger partial charge in [-0.1, -0.05) is 38.1 Å². The molecule has 0 saturated carbocycles. The number of para-hydroxylation sites is 2. The Balaban J connectivity index is 1.88. The predicted octanol–water partition coefficient (Wildman–Crippen LogP) is 3.84. The summed E-state index contributed by atoms with van der Waals surface area (Å²) in [5.74, 6) is 0.794. The minimum atomic E-state index is -0.00308.